The summed E-state index contributed by atoms with van der Waals surface area (Å²) in [6.07, 6.45) is 9.82. The Morgan fingerprint density at radius 3 is 2.75 bits per heavy atom. The van der Waals surface area contributed by atoms with Crippen LogP contribution in [0.4, 0.5) is 0 Å². The van der Waals surface area contributed by atoms with E-state index < -0.39 is 0 Å². The molecule has 0 unspecified atom stereocenters. The number of morpholine rings is 1. The van der Waals surface area contributed by atoms with Crippen LogP contribution in [-0.4, -0.2) is 57.3 Å². The molecule has 1 aliphatic rings. The predicted octanol–water partition coefficient (Wildman–Crippen LogP) is 2.08. The molecule has 3 aromatic rings. The summed E-state index contributed by atoms with van der Waals surface area (Å²) in [7, 11) is 0. The van der Waals surface area contributed by atoms with E-state index in [4.69, 9.17) is 4.74 Å². The Kier molecular flexibility index (Phi) is 5.84. The van der Waals surface area contributed by atoms with Crippen LogP contribution in [0.2, 0.25) is 0 Å². The molecule has 0 spiro atoms. The summed E-state index contributed by atoms with van der Waals surface area (Å²) in [5.74, 6) is 0.613. The van der Waals surface area contributed by atoms with E-state index in [-0.39, 0.29) is 5.56 Å². The van der Waals surface area contributed by atoms with Crippen molar-refractivity contribution in [2.75, 3.05) is 32.8 Å². The van der Waals surface area contributed by atoms with Gasteiger partial charge in [0.2, 0.25) is 0 Å². The lowest BCUT2D eigenvalue weighted by Crippen LogP contribution is -2.37. The predicted molar refractivity (Wildman–Crippen MR) is 109 cm³/mol. The second-order valence-corrected chi connectivity index (χ2v) is 6.73. The number of hydrogen-bond donors (Lipinski definition) is 0. The average Bonchev–Trinajstić information content (AvgIpc) is 2.75. The Balaban J connectivity index is 1.61. The van der Waals surface area contributed by atoms with Crippen LogP contribution in [-0.2, 0) is 11.3 Å². The monoisotopic (exact) mass is 377 g/mol. The highest BCUT2D eigenvalue weighted by Crippen LogP contribution is 2.10. The van der Waals surface area contributed by atoms with Crippen molar-refractivity contribution < 1.29 is 4.74 Å². The Hall–Kier alpha value is -2.90. The molecule has 1 aliphatic heterocycles. The third-order valence-corrected chi connectivity index (χ3v) is 4.83. The fourth-order valence-electron chi connectivity index (χ4n) is 3.34. The lowest BCUT2D eigenvalue weighted by Gasteiger charge is -2.26. The number of fused-ring (bicyclic) bond motifs is 1. The largest absolute Gasteiger partial charge is 0.379 e. The Morgan fingerprint density at radius 2 is 1.93 bits per heavy atom. The number of aromatic nitrogens is 4. The highest BCUT2D eigenvalue weighted by Gasteiger charge is 2.12. The molecule has 144 valence electrons. The van der Waals surface area contributed by atoms with Crippen molar-refractivity contribution >= 4 is 23.2 Å². The first-order valence-electron chi connectivity index (χ1n) is 9.55. The van der Waals surface area contributed by atoms with Gasteiger partial charge in [-0.15, -0.1) is 0 Å². The van der Waals surface area contributed by atoms with Gasteiger partial charge in [0, 0.05) is 44.8 Å². The van der Waals surface area contributed by atoms with Crippen molar-refractivity contribution in [1.29, 1.82) is 0 Å². The molecule has 0 bridgehead atoms. The Labute approximate surface area is 163 Å². The number of hydrogen-bond acceptors (Lipinski definition) is 6. The SMILES string of the molecule is O=c1c2cccnc2nc(/C=C/c2cccnc2)n1CCCN1CCOCC1. The van der Waals surface area contributed by atoms with Crippen molar-refractivity contribution in [1.82, 2.24) is 24.4 Å². The molecule has 4 rings (SSSR count). The molecule has 0 N–H and O–H groups in total. The fraction of sp³-hybridized carbons (Fsp3) is 0.333. The zero-order valence-electron chi connectivity index (χ0n) is 15.7. The summed E-state index contributed by atoms with van der Waals surface area (Å²) in [5.41, 5.74) is 1.38. The zero-order chi connectivity index (χ0) is 19.2. The molecule has 28 heavy (non-hydrogen) atoms. The van der Waals surface area contributed by atoms with Crippen molar-refractivity contribution in [2.24, 2.45) is 0 Å². The minimum atomic E-state index is -0.0501. The van der Waals surface area contributed by atoms with Gasteiger partial charge in [-0.2, -0.15) is 0 Å². The number of ether oxygens (including phenoxy) is 1. The van der Waals surface area contributed by atoms with Gasteiger partial charge in [0.15, 0.2) is 5.65 Å². The molecule has 3 aromatic heterocycles. The summed E-state index contributed by atoms with van der Waals surface area (Å²) < 4.78 is 7.14. The van der Waals surface area contributed by atoms with Crippen LogP contribution in [0.5, 0.6) is 0 Å². The molecule has 0 amide bonds. The summed E-state index contributed by atoms with van der Waals surface area (Å²) in [5, 5.41) is 0.549. The van der Waals surface area contributed by atoms with Crippen LogP contribution in [0.15, 0.2) is 47.7 Å². The number of pyridine rings is 2. The molecule has 7 nitrogen and oxygen atoms in total. The van der Waals surface area contributed by atoms with E-state index in [9.17, 15) is 4.79 Å². The van der Waals surface area contributed by atoms with Crippen LogP contribution < -0.4 is 5.56 Å². The maximum Gasteiger partial charge on any atom is 0.263 e. The van der Waals surface area contributed by atoms with Gasteiger partial charge in [-0.05, 0) is 42.3 Å². The lowest BCUT2D eigenvalue weighted by atomic mass is 10.2. The number of nitrogens with zero attached hydrogens (tertiary/aromatic N) is 5. The van der Waals surface area contributed by atoms with Crippen LogP contribution in [0.1, 0.15) is 17.8 Å². The third-order valence-electron chi connectivity index (χ3n) is 4.83. The molecule has 1 saturated heterocycles. The zero-order valence-corrected chi connectivity index (χ0v) is 15.7. The van der Waals surface area contributed by atoms with E-state index in [0.29, 0.717) is 23.4 Å². The van der Waals surface area contributed by atoms with Crippen molar-refractivity contribution in [3.05, 3.63) is 64.6 Å². The van der Waals surface area contributed by atoms with E-state index in [0.717, 1.165) is 44.8 Å². The summed E-state index contributed by atoms with van der Waals surface area (Å²) >= 11 is 0. The van der Waals surface area contributed by atoms with Gasteiger partial charge < -0.3 is 4.74 Å². The van der Waals surface area contributed by atoms with E-state index in [1.54, 1.807) is 35.3 Å². The van der Waals surface area contributed by atoms with Gasteiger partial charge in [0.25, 0.3) is 5.56 Å². The van der Waals surface area contributed by atoms with Crippen LogP contribution in [0, 0.1) is 0 Å². The Bertz CT molecular complexity index is 1010. The van der Waals surface area contributed by atoms with Crippen LogP contribution in [0.3, 0.4) is 0 Å². The van der Waals surface area contributed by atoms with Gasteiger partial charge >= 0.3 is 0 Å². The van der Waals surface area contributed by atoms with Crippen LogP contribution in [0.25, 0.3) is 23.2 Å². The minimum absolute atomic E-state index is 0.0501. The summed E-state index contributed by atoms with van der Waals surface area (Å²) in [6, 6.07) is 7.40. The average molecular weight is 377 g/mol. The fourth-order valence-corrected chi connectivity index (χ4v) is 3.34. The van der Waals surface area contributed by atoms with E-state index >= 15 is 0 Å². The number of rotatable bonds is 6. The van der Waals surface area contributed by atoms with Crippen molar-refractivity contribution in [3.8, 4) is 0 Å². The van der Waals surface area contributed by atoms with E-state index in [2.05, 4.69) is 19.9 Å². The first-order valence-corrected chi connectivity index (χ1v) is 9.55. The molecule has 7 heteroatoms. The van der Waals surface area contributed by atoms with E-state index in [1.165, 1.54) is 0 Å². The standard InChI is InChI=1S/C21H23N5O2/c27-21-18-5-2-9-23-20(18)24-19(7-6-17-4-1-8-22-16-17)26(21)11-3-10-25-12-14-28-15-13-25/h1-2,4-9,16H,3,10-15H2/b7-6+. The van der Waals surface area contributed by atoms with E-state index in [1.807, 2.05) is 24.3 Å². The molecule has 0 aromatic carbocycles. The first kappa shape index (κ1) is 18.5. The van der Waals surface area contributed by atoms with Gasteiger partial charge in [0.1, 0.15) is 5.82 Å². The maximum absolute atomic E-state index is 13.0. The van der Waals surface area contributed by atoms with Crippen molar-refractivity contribution in [2.45, 2.75) is 13.0 Å². The molecule has 4 heterocycles. The van der Waals surface area contributed by atoms with Gasteiger partial charge in [-0.25, -0.2) is 9.97 Å². The van der Waals surface area contributed by atoms with Gasteiger partial charge in [-0.3, -0.25) is 19.2 Å². The highest BCUT2D eigenvalue weighted by atomic mass is 16.5. The second-order valence-electron chi connectivity index (χ2n) is 6.73. The normalized spacial score (nSPS) is 15.4. The molecule has 0 radical (unpaired) electrons. The molecular weight excluding hydrogens is 354 g/mol. The molecule has 1 fully saturated rings. The molecule has 0 aliphatic carbocycles. The summed E-state index contributed by atoms with van der Waals surface area (Å²) in [6.45, 7) is 5.00. The molecular formula is C21H23N5O2. The first-order chi connectivity index (χ1) is 13.8. The lowest BCUT2D eigenvalue weighted by molar-refractivity contribution is 0.0369. The molecule has 0 saturated carbocycles. The van der Waals surface area contributed by atoms with Gasteiger partial charge in [-0.1, -0.05) is 6.07 Å². The minimum Gasteiger partial charge on any atom is -0.379 e. The quantitative estimate of drug-likeness (QED) is 0.655. The summed E-state index contributed by atoms with van der Waals surface area (Å²) in [4.78, 5) is 28.4. The van der Waals surface area contributed by atoms with Gasteiger partial charge in [0.05, 0.1) is 18.6 Å². The molecule has 0 atom stereocenters. The third kappa shape index (κ3) is 4.32. The van der Waals surface area contributed by atoms with Crippen LogP contribution >= 0.6 is 0 Å². The van der Waals surface area contributed by atoms with Crippen molar-refractivity contribution in [3.63, 3.8) is 0 Å². The highest BCUT2D eigenvalue weighted by molar-refractivity contribution is 5.75. The smallest absolute Gasteiger partial charge is 0.263 e. The topological polar surface area (TPSA) is 73.1 Å². The Morgan fingerprint density at radius 1 is 1.07 bits per heavy atom. The maximum atomic E-state index is 13.0. The second kappa shape index (κ2) is 8.86.